The Balaban J connectivity index is 2.30. The van der Waals surface area contributed by atoms with Crippen molar-refractivity contribution in [3.63, 3.8) is 0 Å². The fourth-order valence-electron chi connectivity index (χ4n) is 1.67. The van der Waals surface area contributed by atoms with Crippen LogP contribution in [0.2, 0.25) is 5.15 Å². The lowest BCUT2D eigenvalue weighted by atomic mass is 10.1. The Hall–Kier alpha value is -1.27. The summed E-state index contributed by atoms with van der Waals surface area (Å²) in [5.41, 5.74) is -2.87. The second kappa shape index (κ2) is 6.23. The molecule has 1 heterocycles. The van der Waals surface area contributed by atoms with Gasteiger partial charge in [-0.15, -0.1) is 0 Å². The number of hydrogen-bond acceptors (Lipinski definition) is 3. The first-order chi connectivity index (χ1) is 9.74. The molecular weight excluding hydrogens is 321 g/mol. The highest BCUT2D eigenvalue weighted by Crippen LogP contribution is 2.37. The van der Waals surface area contributed by atoms with Crippen molar-refractivity contribution in [3.8, 4) is 11.4 Å². The van der Waals surface area contributed by atoms with E-state index in [1.54, 1.807) is 18.2 Å². The van der Waals surface area contributed by atoms with Gasteiger partial charge in [0.1, 0.15) is 5.15 Å². The van der Waals surface area contributed by atoms with E-state index in [1.165, 1.54) is 12.1 Å². The van der Waals surface area contributed by atoms with Crippen LogP contribution in [0.1, 0.15) is 25.5 Å². The van der Waals surface area contributed by atoms with Crippen molar-refractivity contribution < 1.29 is 13.2 Å². The Morgan fingerprint density at radius 1 is 1.10 bits per heavy atom. The Morgan fingerprint density at radius 2 is 1.71 bits per heavy atom. The van der Waals surface area contributed by atoms with Crippen LogP contribution in [0.15, 0.2) is 35.2 Å². The molecule has 0 N–H and O–H groups in total. The highest BCUT2D eigenvalue weighted by atomic mass is 35.5. The molecule has 0 radical (unpaired) electrons. The van der Waals surface area contributed by atoms with Gasteiger partial charge in [-0.2, -0.15) is 13.2 Å². The number of benzene rings is 1. The molecule has 0 aliphatic heterocycles. The standard InChI is InChI=1S/C14H12ClF3N2S/c1-8(2)11-7-12(15)20-13(19-11)9-3-5-10(6-4-9)21-14(16,17)18/h3-8H,1-2H3. The summed E-state index contributed by atoms with van der Waals surface area (Å²) in [6, 6.07) is 7.59. The zero-order chi connectivity index (χ0) is 15.6. The largest absolute Gasteiger partial charge is 0.446 e. The normalized spacial score (nSPS) is 12.0. The average molecular weight is 333 g/mol. The van der Waals surface area contributed by atoms with Gasteiger partial charge in [0.15, 0.2) is 5.82 Å². The van der Waals surface area contributed by atoms with Crippen molar-refractivity contribution in [2.45, 2.75) is 30.2 Å². The van der Waals surface area contributed by atoms with E-state index in [0.29, 0.717) is 16.5 Å². The van der Waals surface area contributed by atoms with Crippen LogP contribution in [-0.4, -0.2) is 15.5 Å². The minimum absolute atomic E-state index is 0.123. The monoisotopic (exact) mass is 332 g/mol. The molecule has 0 aliphatic rings. The van der Waals surface area contributed by atoms with Gasteiger partial charge in [0.05, 0.1) is 0 Å². The number of nitrogens with zero attached hydrogens (tertiary/aromatic N) is 2. The Kier molecular flexibility index (Phi) is 4.78. The lowest BCUT2D eigenvalue weighted by Gasteiger charge is -2.09. The smallest absolute Gasteiger partial charge is 0.233 e. The molecule has 0 bridgehead atoms. The molecule has 0 atom stereocenters. The maximum Gasteiger partial charge on any atom is 0.446 e. The lowest BCUT2D eigenvalue weighted by molar-refractivity contribution is -0.0328. The van der Waals surface area contributed by atoms with Gasteiger partial charge in [-0.25, -0.2) is 9.97 Å². The maximum atomic E-state index is 12.3. The van der Waals surface area contributed by atoms with Gasteiger partial charge >= 0.3 is 5.51 Å². The maximum absolute atomic E-state index is 12.3. The van der Waals surface area contributed by atoms with Gasteiger partial charge in [0.25, 0.3) is 0 Å². The summed E-state index contributed by atoms with van der Waals surface area (Å²) in [6.45, 7) is 3.96. The quantitative estimate of drug-likeness (QED) is 0.545. The van der Waals surface area contributed by atoms with Crippen LogP contribution in [0, 0.1) is 0 Å². The molecule has 1 aromatic carbocycles. The zero-order valence-electron chi connectivity index (χ0n) is 11.3. The van der Waals surface area contributed by atoms with E-state index in [2.05, 4.69) is 9.97 Å². The van der Waals surface area contributed by atoms with Crippen LogP contribution in [0.3, 0.4) is 0 Å². The van der Waals surface area contributed by atoms with Crippen molar-refractivity contribution in [1.82, 2.24) is 9.97 Å². The minimum Gasteiger partial charge on any atom is -0.233 e. The fourth-order valence-corrected chi connectivity index (χ4v) is 2.40. The van der Waals surface area contributed by atoms with E-state index in [4.69, 9.17) is 11.6 Å². The molecule has 0 saturated heterocycles. The van der Waals surface area contributed by atoms with Crippen LogP contribution < -0.4 is 0 Å². The first-order valence-electron chi connectivity index (χ1n) is 6.15. The summed E-state index contributed by atoms with van der Waals surface area (Å²) in [5.74, 6) is 0.596. The minimum atomic E-state index is -4.29. The molecule has 21 heavy (non-hydrogen) atoms. The van der Waals surface area contributed by atoms with E-state index < -0.39 is 5.51 Å². The predicted octanol–water partition coefficient (Wildman–Crippen LogP) is 5.53. The molecule has 2 nitrogen and oxygen atoms in total. The van der Waals surface area contributed by atoms with Crippen LogP contribution in [-0.2, 0) is 0 Å². The predicted molar refractivity (Wildman–Crippen MR) is 78.5 cm³/mol. The van der Waals surface area contributed by atoms with Gasteiger partial charge in [-0.1, -0.05) is 37.6 Å². The second-order valence-electron chi connectivity index (χ2n) is 4.67. The summed E-state index contributed by atoms with van der Waals surface area (Å²) < 4.78 is 36.8. The highest BCUT2D eigenvalue weighted by Gasteiger charge is 2.29. The molecule has 0 unspecified atom stereocenters. The molecule has 0 amide bonds. The number of rotatable bonds is 3. The average Bonchev–Trinajstić information content (AvgIpc) is 2.37. The van der Waals surface area contributed by atoms with Crippen LogP contribution in [0.25, 0.3) is 11.4 Å². The van der Waals surface area contributed by atoms with Gasteiger partial charge < -0.3 is 0 Å². The van der Waals surface area contributed by atoms with E-state index >= 15 is 0 Å². The Labute approximate surface area is 129 Å². The first-order valence-corrected chi connectivity index (χ1v) is 7.35. The van der Waals surface area contributed by atoms with E-state index in [9.17, 15) is 13.2 Å². The Morgan fingerprint density at radius 3 is 2.24 bits per heavy atom. The molecule has 7 heteroatoms. The molecule has 0 aliphatic carbocycles. The summed E-state index contributed by atoms with van der Waals surface area (Å²) >= 11 is 5.81. The van der Waals surface area contributed by atoms with Crippen molar-refractivity contribution in [3.05, 3.63) is 41.2 Å². The van der Waals surface area contributed by atoms with E-state index in [0.717, 1.165) is 5.69 Å². The van der Waals surface area contributed by atoms with Gasteiger partial charge in [0.2, 0.25) is 0 Å². The summed E-state index contributed by atoms with van der Waals surface area (Å²) in [4.78, 5) is 8.62. The summed E-state index contributed by atoms with van der Waals surface area (Å²) in [5, 5.41) is 0.317. The van der Waals surface area contributed by atoms with Crippen molar-refractivity contribution in [1.29, 1.82) is 0 Å². The number of thioether (sulfide) groups is 1. The van der Waals surface area contributed by atoms with Gasteiger partial charge in [-0.05, 0) is 35.9 Å². The molecule has 0 fully saturated rings. The molecule has 2 aromatic rings. The molecule has 1 aromatic heterocycles. The SMILES string of the molecule is CC(C)c1cc(Cl)nc(-c2ccc(SC(F)(F)F)cc2)n1. The third kappa shape index (κ3) is 4.61. The third-order valence-electron chi connectivity index (χ3n) is 2.65. The van der Waals surface area contributed by atoms with Crippen molar-refractivity contribution in [2.75, 3.05) is 0 Å². The van der Waals surface area contributed by atoms with Crippen molar-refractivity contribution in [2.24, 2.45) is 0 Å². The fraction of sp³-hybridized carbons (Fsp3) is 0.286. The zero-order valence-corrected chi connectivity index (χ0v) is 12.9. The molecule has 0 saturated carbocycles. The Bertz CT molecular complexity index is 627. The van der Waals surface area contributed by atoms with Gasteiger partial charge in [-0.3, -0.25) is 0 Å². The molecule has 2 rings (SSSR count). The highest BCUT2D eigenvalue weighted by molar-refractivity contribution is 8.00. The number of alkyl halides is 3. The van der Waals surface area contributed by atoms with E-state index in [-0.39, 0.29) is 22.6 Å². The van der Waals surface area contributed by atoms with E-state index in [1.807, 2.05) is 13.8 Å². The summed E-state index contributed by atoms with van der Waals surface area (Å²) in [6.07, 6.45) is 0. The molecule has 112 valence electrons. The van der Waals surface area contributed by atoms with Crippen LogP contribution in [0.5, 0.6) is 0 Å². The third-order valence-corrected chi connectivity index (χ3v) is 3.59. The van der Waals surface area contributed by atoms with Crippen molar-refractivity contribution >= 4 is 23.4 Å². The second-order valence-corrected chi connectivity index (χ2v) is 6.19. The van der Waals surface area contributed by atoms with Crippen LogP contribution >= 0.6 is 23.4 Å². The van der Waals surface area contributed by atoms with Gasteiger partial charge in [0, 0.05) is 16.2 Å². The molecule has 0 spiro atoms. The number of hydrogen-bond donors (Lipinski definition) is 0. The first kappa shape index (κ1) is 16.1. The molecular formula is C14H12ClF3N2S. The summed E-state index contributed by atoms with van der Waals surface area (Å²) in [7, 11) is 0. The number of aromatic nitrogens is 2. The topological polar surface area (TPSA) is 25.8 Å². The lowest BCUT2D eigenvalue weighted by Crippen LogP contribution is -1.99. The van der Waals surface area contributed by atoms with Crippen LogP contribution in [0.4, 0.5) is 13.2 Å². The number of halogens is 4.